The molecule has 4 aliphatic carbocycles. The third-order valence-corrected chi connectivity index (χ3v) is 14.2. The van der Waals surface area contributed by atoms with Gasteiger partial charge in [-0.1, -0.05) is 183 Å². The highest BCUT2D eigenvalue weighted by Crippen LogP contribution is 2.61. The number of allylic oxidation sites excluding steroid dienone is 4. The summed E-state index contributed by atoms with van der Waals surface area (Å²) in [7, 11) is 0. The van der Waals surface area contributed by atoms with Crippen molar-refractivity contribution >= 4 is 17.3 Å². The van der Waals surface area contributed by atoms with Crippen molar-refractivity contribution in [2.75, 3.05) is 13.2 Å². The average molecular weight is 898 g/mol. The predicted molar refractivity (Wildman–Crippen MR) is 276 cm³/mol. The van der Waals surface area contributed by atoms with Crippen molar-refractivity contribution in [2.45, 2.75) is 280 Å². The van der Waals surface area contributed by atoms with Crippen LogP contribution in [0.25, 0.3) is 0 Å². The van der Waals surface area contributed by atoms with E-state index in [1.807, 2.05) is 27.7 Å². The van der Waals surface area contributed by atoms with E-state index in [9.17, 15) is 14.4 Å². The number of Topliss-reactive ketones (excluding diaryl/α,β-unsaturated/α-hetero) is 3. The number of rotatable bonds is 38. The minimum Gasteiger partial charge on any atom is -0.353 e. The molecule has 5 heteroatoms. The molecule has 4 rings (SSSR count). The Morgan fingerprint density at radius 2 is 0.844 bits per heavy atom. The lowest BCUT2D eigenvalue weighted by Crippen LogP contribution is -2.47. The van der Waals surface area contributed by atoms with Crippen molar-refractivity contribution in [3.8, 4) is 0 Å². The first kappa shape index (κ1) is 60.4. The molecule has 0 amide bonds. The molecular formula is C59H108O5. The number of hydrogen-bond donors (Lipinski definition) is 0. The smallest absolute Gasteiger partial charge is 0.157 e. The summed E-state index contributed by atoms with van der Waals surface area (Å²) < 4.78 is 11.9. The molecule has 5 nitrogen and oxygen atoms in total. The zero-order valence-electron chi connectivity index (χ0n) is 44.1. The van der Waals surface area contributed by atoms with E-state index in [0.29, 0.717) is 35.6 Å². The fraction of sp³-hybridized carbons (Fsp3) is 0.881. The Balaban J connectivity index is 0.000000491. The maximum Gasteiger partial charge on any atom is 0.157 e. The largest absolute Gasteiger partial charge is 0.353 e. The summed E-state index contributed by atoms with van der Waals surface area (Å²) in [6.07, 6.45) is 49.3. The molecule has 0 aliphatic heterocycles. The number of carbonyl (C=O) groups is 3. The minimum absolute atomic E-state index is 0.104. The summed E-state index contributed by atoms with van der Waals surface area (Å²) in [6.45, 7) is 20.3. The Labute approximate surface area is 398 Å². The molecule has 0 aromatic heterocycles. The summed E-state index contributed by atoms with van der Waals surface area (Å²) in [4.78, 5) is 35.4. The van der Waals surface area contributed by atoms with Gasteiger partial charge in [-0.3, -0.25) is 14.4 Å². The van der Waals surface area contributed by atoms with Gasteiger partial charge in [0.1, 0.15) is 17.3 Å². The van der Waals surface area contributed by atoms with Crippen LogP contribution in [-0.4, -0.2) is 36.9 Å². The van der Waals surface area contributed by atoms with Gasteiger partial charge in [0.2, 0.25) is 0 Å². The number of hydrogen-bond acceptors (Lipinski definition) is 5. The summed E-state index contributed by atoms with van der Waals surface area (Å²) in [5.41, 5.74) is 0.454. The third-order valence-electron chi connectivity index (χ3n) is 14.2. The Morgan fingerprint density at radius 3 is 1.30 bits per heavy atom. The molecule has 0 atom stereocenters. The summed E-state index contributed by atoms with van der Waals surface area (Å²) in [5.74, 6) is 4.74. The van der Waals surface area contributed by atoms with Crippen LogP contribution in [0.5, 0.6) is 0 Å². The SMILES string of the molecule is CC(C)C(=O)CC12CC3CC(CC(C3)C1)C2.CCCCC/C=C\C/C=C\CCCCCCCC(=O)C(C)C.CCCCCCCCOC(CCC(=O)C(C)C)OCCCCCCCC. The quantitative estimate of drug-likeness (QED) is 0.0351. The zero-order chi connectivity index (χ0) is 47.3. The second-order valence-corrected chi connectivity index (χ2v) is 21.7. The summed E-state index contributed by atoms with van der Waals surface area (Å²) >= 11 is 0. The van der Waals surface area contributed by atoms with E-state index in [1.54, 1.807) is 0 Å². The van der Waals surface area contributed by atoms with Crippen molar-refractivity contribution < 1.29 is 23.9 Å². The molecule has 374 valence electrons. The Bertz CT molecular complexity index is 1140. The van der Waals surface area contributed by atoms with Gasteiger partial charge in [0, 0.05) is 56.7 Å². The van der Waals surface area contributed by atoms with Crippen molar-refractivity contribution in [1.29, 1.82) is 0 Å². The van der Waals surface area contributed by atoms with E-state index in [2.05, 4.69) is 58.9 Å². The van der Waals surface area contributed by atoms with Gasteiger partial charge in [-0.2, -0.15) is 0 Å². The van der Waals surface area contributed by atoms with E-state index in [4.69, 9.17) is 9.47 Å². The van der Waals surface area contributed by atoms with Crippen molar-refractivity contribution in [1.82, 2.24) is 0 Å². The molecule has 0 aromatic rings. The van der Waals surface area contributed by atoms with Crippen LogP contribution in [0.4, 0.5) is 0 Å². The van der Waals surface area contributed by atoms with Gasteiger partial charge in [-0.05, 0) is 113 Å². The number of ketones is 3. The maximum absolute atomic E-state index is 12.0. The monoisotopic (exact) mass is 897 g/mol. The molecule has 0 N–H and O–H groups in total. The second kappa shape index (κ2) is 39.4. The second-order valence-electron chi connectivity index (χ2n) is 21.7. The van der Waals surface area contributed by atoms with Gasteiger partial charge in [-0.15, -0.1) is 0 Å². The minimum atomic E-state index is -0.205. The molecular weight excluding hydrogens is 789 g/mol. The topological polar surface area (TPSA) is 69.7 Å². The molecule has 0 unspecified atom stereocenters. The lowest BCUT2D eigenvalue weighted by atomic mass is 9.48. The molecule has 0 saturated heterocycles. The number of unbranched alkanes of at least 4 members (excludes halogenated alkanes) is 18. The first-order chi connectivity index (χ1) is 30.9. The van der Waals surface area contributed by atoms with Crippen LogP contribution in [0.1, 0.15) is 274 Å². The first-order valence-electron chi connectivity index (χ1n) is 28.0. The third kappa shape index (κ3) is 31.4. The van der Waals surface area contributed by atoms with Crippen LogP contribution in [0, 0.1) is 40.9 Å². The predicted octanol–water partition coefficient (Wildman–Crippen LogP) is 17.9. The molecule has 4 saturated carbocycles. The molecule has 0 aromatic carbocycles. The van der Waals surface area contributed by atoms with Crippen LogP contribution in [0.3, 0.4) is 0 Å². The zero-order valence-corrected chi connectivity index (χ0v) is 44.1. The van der Waals surface area contributed by atoms with Crippen LogP contribution >= 0.6 is 0 Å². The first-order valence-corrected chi connectivity index (χ1v) is 28.0. The highest BCUT2D eigenvalue weighted by Gasteiger charge is 2.51. The van der Waals surface area contributed by atoms with E-state index in [-0.39, 0.29) is 24.0 Å². The Kier molecular flexibility index (Phi) is 37.2. The fourth-order valence-corrected chi connectivity index (χ4v) is 10.4. The van der Waals surface area contributed by atoms with Crippen LogP contribution in [-0.2, 0) is 23.9 Å². The molecule has 0 heterocycles. The Hall–Kier alpha value is -1.59. The van der Waals surface area contributed by atoms with Gasteiger partial charge < -0.3 is 9.47 Å². The molecule has 64 heavy (non-hydrogen) atoms. The summed E-state index contributed by atoms with van der Waals surface area (Å²) in [6, 6.07) is 0. The highest BCUT2D eigenvalue weighted by atomic mass is 16.7. The van der Waals surface area contributed by atoms with E-state index in [1.165, 1.54) is 161 Å². The molecule has 0 spiro atoms. The molecule has 4 aliphatic rings. The molecule has 4 bridgehead atoms. The maximum atomic E-state index is 12.0. The Morgan fingerprint density at radius 1 is 0.469 bits per heavy atom. The standard InChI is InChI=1S/C23H46O3.C21H38O.C15H24O/c1-5-7-9-11-13-15-19-25-23(18-17-22(24)21(3)4)26-20-16-14-12-10-8-6-2;1-4-5-6-7-8-9-10-11-12-13-14-15-16-17-18-19-21(22)20(2)3;1-10(2)14(16)9-15-6-11-3-12(7-15)5-13(4-11)8-15/h21,23H,5-20H2,1-4H3;8-9,11-12,20H,4-7,10,13-19H2,1-3H3;10-13H,3-9H2,1-2H3/b;9-8-,12-11-;. The van der Waals surface area contributed by atoms with E-state index < -0.39 is 0 Å². The van der Waals surface area contributed by atoms with Gasteiger partial charge in [0.25, 0.3) is 0 Å². The highest BCUT2D eigenvalue weighted by molar-refractivity contribution is 5.81. The fourth-order valence-electron chi connectivity index (χ4n) is 10.4. The number of carbonyl (C=O) groups excluding carboxylic acids is 3. The molecule has 4 fully saturated rings. The van der Waals surface area contributed by atoms with Crippen LogP contribution in [0.2, 0.25) is 0 Å². The van der Waals surface area contributed by atoms with Gasteiger partial charge in [0.15, 0.2) is 6.29 Å². The van der Waals surface area contributed by atoms with Crippen LogP contribution < -0.4 is 0 Å². The normalized spacial score (nSPS) is 20.2. The van der Waals surface area contributed by atoms with Crippen molar-refractivity contribution in [3.63, 3.8) is 0 Å². The van der Waals surface area contributed by atoms with E-state index in [0.717, 1.165) is 69.5 Å². The van der Waals surface area contributed by atoms with Crippen LogP contribution in [0.15, 0.2) is 24.3 Å². The van der Waals surface area contributed by atoms with Crippen molar-refractivity contribution in [2.24, 2.45) is 40.9 Å². The van der Waals surface area contributed by atoms with Crippen molar-refractivity contribution in [3.05, 3.63) is 24.3 Å². The lowest BCUT2D eigenvalue weighted by Gasteiger charge is -2.57. The summed E-state index contributed by atoms with van der Waals surface area (Å²) in [5, 5.41) is 0. The van der Waals surface area contributed by atoms with Gasteiger partial charge in [0.05, 0.1) is 0 Å². The van der Waals surface area contributed by atoms with Gasteiger partial charge >= 0.3 is 0 Å². The molecule has 0 radical (unpaired) electrons. The van der Waals surface area contributed by atoms with Gasteiger partial charge in [-0.25, -0.2) is 0 Å². The number of ether oxygens (including phenoxy) is 2. The lowest BCUT2D eigenvalue weighted by molar-refractivity contribution is -0.151. The average Bonchev–Trinajstić information content (AvgIpc) is 3.25. The van der Waals surface area contributed by atoms with E-state index >= 15 is 0 Å².